The minimum absolute atomic E-state index is 0.00680. The van der Waals surface area contributed by atoms with Crippen LogP contribution in [0.2, 0.25) is 5.02 Å². The van der Waals surface area contributed by atoms with E-state index in [1.54, 1.807) is 18.2 Å². The van der Waals surface area contributed by atoms with Gasteiger partial charge in [0, 0.05) is 28.0 Å². The van der Waals surface area contributed by atoms with Crippen LogP contribution in [0, 0.1) is 5.92 Å². The zero-order valence-electron chi connectivity index (χ0n) is 18.6. The first-order valence-corrected chi connectivity index (χ1v) is 11.9. The molecule has 4 rings (SSSR count). The normalized spacial score (nSPS) is 15.1. The van der Waals surface area contributed by atoms with Gasteiger partial charge in [0.2, 0.25) is 5.91 Å². The number of carbonyl (C=O) groups is 2. The molecule has 7 heteroatoms. The van der Waals surface area contributed by atoms with E-state index in [0.29, 0.717) is 28.0 Å². The Hall–Kier alpha value is -2.83. The van der Waals surface area contributed by atoms with Crippen LogP contribution in [-0.2, 0) is 17.6 Å². The summed E-state index contributed by atoms with van der Waals surface area (Å²) in [4.78, 5) is 29.5. The number of nitrogens with zero attached hydrogens (tertiary/aromatic N) is 1. The molecule has 0 aliphatic carbocycles. The average molecular weight is 468 g/mol. The highest BCUT2D eigenvalue weighted by molar-refractivity contribution is 6.31. The van der Waals surface area contributed by atoms with E-state index >= 15 is 0 Å². The molecule has 0 bridgehead atoms. The van der Waals surface area contributed by atoms with Gasteiger partial charge in [-0.1, -0.05) is 41.9 Å². The number of carboxylic acid groups (broad SMARTS) is 1. The van der Waals surface area contributed by atoms with Gasteiger partial charge in [0.1, 0.15) is 5.69 Å². The molecule has 174 valence electrons. The number of H-pyrrole nitrogens is 1. The Bertz CT molecular complexity index is 1100. The third-order valence-corrected chi connectivity index (χ3v) is 6.70. The molecule has 2 heterocycles. The lowest BCUT2D eigenvalue weighted by Crippen LogP contribution is -2.36. The Kier molecular flexibility index (Phi) is 7.68. The van der Waals surface area contributed by atoms with E-state index in [0.717, 1.165) is 38.4 Å². The maximum atomic E-state index is 12.5. The number of piperidine rings is 1. The number of benzene rings is 2. The first kappa shape index (κ1) is 23.3. The summed E-state index contributed by atoms with van der Waals surface area (Å²) in [6, 6.07) is 15.8. The number of carboxylic acids is 1. The number of likely N-dealkylation sites (tertiary alicyclic amines) is 1. The monoisotopic (exact) mass is 467 g/mol. The fourth-order valence-corrected chi connectivity index (χ4v) is 4.87. The van der Waals surface area contributed by atoms with E-state index < -0.39 is 5.97 Å². The molecule has 2 aromatic carbocycles. The third-order valence-electron chi connectivity index (χ3n) is 6.47. The summed E-state index contributed by atoms with van der Waals surface area (Å²) in [6.07, 6.45) is 4.46. The van der Waals surface area contributed by atoms with Gasteiger partial charge < -0.3 is 20.3 Å². The Morgan fingerprint density at radius 3 is 2.61 bits per heavy atom. The van der Waals surface area contributed by atoms with Crippen molar-refractivity contribution in [2.75, 3.05) is 26.2 Å². The molecule has 0 atom stereocenters. The average Bonchev–Trinajstić information content (AvgIpc) is 3.16. The van der Waals surface area contributed by atoms with Crippen LogP contribution in [0.15, 0.2) is 48.5 Å². The summed E-state index contributed by atoms with van der Waals surface area (Å²) in [6.45, 7) is 3.74. The van der Waals surface area contributed by atoms with Crippen molar-refractivity contribution in [3.8, 4) is 0 Å². The molecule has 0 radical (unpaired) electrons. The lowest BCUT2D eigenvalue weighted by atomic mass is 9.90. The molecule has 1 fully saturated rings. The number of aromatic amines is 1. The van der Waals surface area contributed by atoms with Crippen LogP contribution in [-0.4, -0.2) is 53.0 Å². The van der Waals surface area contributed by atoms with Crippen LogP contribution < -0.4 is 5.32 Å². The third kappa shape index (κ3) is 6.15. The highest BCUT2D eigenvalue weighted by atomic mass is 35.5. The zero-order chi connectivity index (χ0) is 23.2. The van der Waals surface area contributed by atoms with Gasteiger partial charge in [-0.15, -0.1) is 0 Å². The number of aromatic nitrogens is 1. The Morgan fingerprint density at radius 1 is 1.12 bits per heavy atom. The molecule has 6 nitrogen and oxygen atoms in total. The van der Waals surface area contributed by atoms with Crippen molar-refractivity contribution < 1.29 is 14.7 Å². The Labute approximate surface area is 198 Å². The van der Waals surface area contributed by atoms with Crippen molar-refractivity contribution >= 4 is 34.4 Å². The molecule has 0 saturated carbocycles. The van der Waals surface area contributed by atoms with Gasteiger partial charge in [-0.25, -0.2) is 4.79 Å². The highest BCUT2D eigenvalue weighted by Crippen LogP contribution is 2.26. The Morgan fingerprint density at radius 2 is 1.88 bits per heavy atom. The lowest BCUT2D eigenvalue weighted by molar-refractivity contribution is -0.120. The summed E-state index contributed by atoms with van der Waals surface area (Å²) < 4.78 is 0. The maximum absolute atomic E-state index is 12.5. The predicted molar refractivity (Wildman–Crippen MR) is 131 cm³/mol. The first-order chi connectivity index (χ1) is 16.0. The van der Waals surface area contributed by atoms with Gasteiger partial charge in [-0.05, 0) is 75.0 Å². The van der Waals surface area contributed by atoms with Crippen molar-refractivity contribution in [1.29, 1.82) is 0 Å². The molecule has 3 N–H and O–H groups in total. The van der Waals surface area contributed by atoms with Gasteiger partial charge in [0.25, 0.3) is 0 Å². The number of rotatable bonds is 9. The van der Waals surface area contributed by atoms with E-state index in [4.69, 9.17) is 11.6 Å². The molecule has 1 aromatic heterocycles. The second kappa shape index (κ2) is 10.9. The number of amides is 1. The topological polar surface area (TPSA) is 85.4 Å². The van der Waals surface area contributed by atoms with Crippen molar-refractivity contribution in [3.63, 3.8) is 0 Å². The first-order valence-electron chi connectivity index (χ1n) is 11.6. The maximum Gasteiger partial charge on any atom is 0.352 e. The fraction of sp³-hybridized carbons (Fsp3) is 0.385. The number of aromatic carboxylic acids is 1. The van der Waals surface area contributed by atoms with E-state index in [1.807, 2.05) is 0 Å². The second-order valence-electron chi connectivity index (χ2n) is 8.83. The molecule has 1 aliphatic rings. The number of halogens is 1. The summed E-state index contributed by atoms with van der Waals surface area (Å²) >= 11 is 6.08. The van der Waals surface area contributed by atoms with Crippen LogP contribution in [0.5, 0.6) is 0 Å². The minimum Gasteiger partial charge on any atom is -0.477 e. The zero-order valence-corrected chi connectivity index (χ0v) is 19.4. The van der Waals surface area contributed by atoms with E-state index in [9.17, 15) is 14.7 Å². The largest absolute Gasteiger partial charge is 0.477 e. The number of carbonyl (C=O) groups excluding carboxylic acids is 1. The van der Waals surface area contributed by atoms with Crippen LogP contribution >= 0.6 is 11.6 Å². The van der Waals surface area contributed by atoms with E-state index in [2.05, 4.69) is 45.5 Å². The smallest absolute Gasteiger partial charge is 0.352 e. The van der Waals surface area contributed by atoms with Crippen molar-refractivity contribution in [3.05, 3.63) is 70.4 Å². The summed E-state index contributed by atoms with van der Waals surface area (Å²) in [5, 5.41) is 13.6. The molecule has 0 spiro atoms. The minimum atomic E-state index is -1.08. The molecule has 1 amide bonds. The molecule has 33 heavy (non-hydrogen) atoms. The predicted octanol–water partition coefficient (Wildman–Crippen LogP) is 4.52. The van der Waals surface area contributed by atoms with Gasteiger partial charge >= 0.3 is 5.97 Å². The molecule has 1 saturated heterocycles. The Balaban J connectivity index is 1.20. The number of hydrogen-bond donors (Lipinski definition) is 3. The van der Waals surface area contributed by atoms with Crippen LogP contribution in [0.1, 0.15) is 40.9 Å². The summed E-state index contributed by atoms with van der Waals surface area (Å²) in [5.74, 6) is -0.516. The van der Waals surface area contributed by atoms with Crippen molar-refractivity contribution in [1.82, 2.24) is 15.2 Å². The second-order valence-corrected chi connectivity index (χ2v) is 9.27. The van der Waals surface area contributed by atoms with Crippen LogP contribution in [0.25, 0.3) is 10.9 Å². The number of fused-ring (bicyclic) bond motifs is 1. The van der Waals surface area contributed by atoms with Gasteiger partial charge in [-0.3, -0.25) is 4.79 Å². The quantitative estimate of drug-likeness (QED) is 0.404. The van der Waals surface area contributed by atoms with Crippen LogP contribution in [0.4, 0.5) is 0 Å². The molecule has 1 aliphatic heterocycles. The lowest BCUT2D eigenvalue weighted by Gasteiger charge is -2.32. The fourth-order valence-electron chi connectivity index (χ4n) is 4.70. The summed E-state index contributed by atoms with van der Waals surface area (Å²) in [5.41, 5.74) is 2.59. The number of nitrogens with one attached hydrogen (secondary N) is 2. The standard InChI is InChI=1S/C26H30ClN3O3/c27-20-7-8-23-21(16-20)22(25(29-23)26(32)33)17-24(31)28-11-4-12-30-13-9-19(10-14-30)15-18-5-2-1-3-6-18/h1-3,5-8,16,19,29H,4,9-15,17H2,(H,28,31)(H,32,33). The van der Waals surface area contributed by atoms with Crippen molar-refractivity contribution in [2.24, 2.45) is 5.92 Å². The van der Waals surface area contributed by atoms with Gasteiger partial charge in [-0.2, -0.15) is 0 Å². The summed E-state index contributed by atoms with van der Waals surface area (Å²) in [7, 11) is 0. The highest BCUT2D eigenvalue weighted by Gasteiger charge is 2.21. The molecular weight excluding hydrogens is 438 g/mol. The van der Waals surface area contributed by atoms with Gasteiger partial charge in [0.05, 0.1) is 6.42 Å². The molecular formula is C26H30ClN3O3. The number of hydrogen-bond acceptors (Lipinski definition) is 3. The van der Waals surface area contributed by atoms with E-state index in [-0.39, 0.29) is 18.0 Å². The molecule has 3 aromatic rings. The van der Waals surface area contributed by atoms with Gasteiger partial charge in [0.15, 0.2) is 0 Å². The van der Waals surface area contributed by atoms with Crippen molar-refractivity contribution in [2.45, 2.75) is 32.1 Å². The molecule has 0 unspecified atom stereocenters. The SMILES string of the molecule is O=C(Cc1c(C(=O)O)[nH]c2ccc(Cl)cc12)NCCCN1CCC(Cc2ccccc2)CC1. The van der Waals surface area contributed by atoms with Crippen LogP contribution in [0.3, 0.4) is 0 Å². The van der Waals surface area contributed by atoms with E-state index in [1.165, 1.54) is 18.4 Å².